The van der Waals surface area contributed by atoms with Crippen LogP contribution in [-0.4, -0.2) is 36.6 Å². The summed E-state index contributed by atoms with van der Waals surface area (Å²) in [4.78, 5) is 27.7. The number of rotatable bonds is 8. The normalized spacial score (nSPS) is 10.5. The maximum Gasteiger partial charge on any atom is 0.286 e. The number of thiazole rings is 1. The summed E-state index contributed by atoms with van der Waals surface area (Å²) in [6, 6.07) is 8.57. The monoisotopic (exact) mass is 431 g/mol. The number of amides is 1. The Bertz CT molecular complexity index is 1090. The highest BCUT2D eigenvalue weighted by Gasteiger charge is 2.24. The Morgan fingerprint density at radius 3 is 2.63 bits per heavy atom. The lowest BCUT2D eigenvalue weighted by Gasteiger charge is -2.10. The van der Waals surface area contributed by atoms with Crippen LogP contribution in [0.25, 0.3) is 10.6 Å². The van der Waals surface area contributed by atoms with Crippen LogP contribution in [-0.2, 0) is 6.42 Å². The first-order valence-corrected chi connectivity index (χ1v) is 9.70. The van der Waals surface area contributed by atoms with E-state index in [0.29, 0.717) is 17.0 Å². The fraction of sp³-hybridized carbons (Fsp3) is 0.200. The molecule has 156 valence electrons. The molecule has 1 N–H and O–H groups in total. The van der Waals surface area contributed by atoms with Gasteiger partial charge in [-0.2, -0.15) is 0 Å². The fourth-order valence-corrected chi connectivity index (χ4v) is 3.63. The summed E-state index contributed by atoms with van der Waals surface area (Å²) in [5, 5.41) is 16.5. The number of nitrogens with one attached hydrogen (secondary N) is 1. The molecule has 8 nitrogen and oxygen atoms in total. The van der Waals surface area contributed by atoms with Gasteiger partial charge in [-0.15, -0.1) is 11.3 Å². The average Bonchev–Trinajstić information content (AvgIpc) is 3.21. The summed E-state index contributed by atoms with van der Waals surface area (Å²) in [6.45, 7) is 0.219. The van der Waals surface area contributed by atoms with Gasteiger partial charge in [-0.3, -0.25) is 14.9 Å². The van der Waals surface area contributed by atoms with Crippen LogP contribution in [0, 0.1) is 15.9 Å². The summed E-state index contributed by atoms with van der Waals surface area (Å²) in [6.07, 6.45) is 0.415. The number of carbonyl (C=O) groups excluding carboxylic acids is 1. The van der Waals surface area contributed by atoms with Gasteiger partial charge >= 0.3 is 0 Å². The van der Waals surface area contributed by atoms with Gasteiger partial charge in [-0.05, 0) is 12.1 Å². The molecule has 0 radical (unpaired) electrons. The third-order valence-electron chi connectivity index (χ3n) is 4.23. The van der Waals surface area contributed by atoms with Crippen molar-refractivity contribution >= 4 is 22.9 Å². The van der Waals surface area contributed by atoms with E-state index in [4.69, 9.17) is 9.47 Å². The Morgan fingerprint density at radius 2 is 1.97 bits per heavy atom. The molecule has 3 rings (SSSR count). The third kappa shape index (κ3) is 4.71. The van der Waals surface area contributed by atoms with Crippen molar-refractivity contribution < 1.29 is 23.6 Å². The van der Waals surface area contributed by atoms with Crippen LogP contribution < -0.4 is 14.8 Å². The number of hydrogen-bond donors (Lipinski definition) is 1. The van der Waals surface area contributed by atoms with E-state index in [2.05, 4.69) is 10.3 Å². The molecule has 0 spiro atoms. The van der Waals surface area contributed by atoms with Crippen molar-refractivity contribution in [3.8, 4) is 22.1 Å². The first-order valence-electron chi connectivity index (χ1n) is 8.82. The number of nitrogens with zero attached hydrogens (tertiary/aromatic N) is 2. The first kappa shape index (κ1) is 21.2. The molecule has 0 aliphatic heterocycles. The molecule has 1 amide bonds. The number of aromatic nitrogens is 1. The fourth-order valence-electron chi connectivity index (χ4n) is 2.78. The highest BCUT2D eigenvalue weighted by Crippen LogP contribution is 2.34. The summed E-state index contributed by atoms with van der Waals surface area (Å²) in [7, 11) is 2.73. The van der Waals surface area contributed by atoms with E-state index in [9.17, 15) is 19.3 Å². The van der Waals surface area contributed by atoms with Crippen LogP contribution in [0.1, 0.15) is 16.1 Å². The number of methoxy groups -OCH3 is 2. The van der Waals surface area contributed by atoms with Crippen LogP contribution in [0.2, 0.25) is 0 Å². The molecule has 2 aromatic carbocycles. The Morgan fingerprint density at radius 1 is 1.23 bits per heavy atom. The Kier molecular flexibility index (Phi) is 6.58. The van der Waals surface area contributed by atoms with Crippen molar-refractivity contribution in [3.05, 3.63) is 69.0 Å². The van der Waals surface area contributed by atoms with Gasteiger partial charge in [0, 0.05) is 30.0 Å². The molecule has 0 aliphatic rings. The lowest BCUT2D eigenvalue weighted by molar-refractivity contribution is -0.385. The molecular formula is C20H18FN3O5S. The molecule has 1 heterocycles. The lowest BCUT2D eigenvalue weighted by atomic mass is 10.1. The molecule has 30 heavy (non-hydrogen) atoms. The van der Waals surface area contributed by atoms with Gasteiger partial charge in [0.1, 0.15) is 16.4 Å². The van der Waals surface area contributed by atoms with E-state index in [1.807, 2.05) is 5.38 Å². The predicted molar refractivity (Wildman–Crippen MR) is 110 cm³/mol. The quantitative estimate of drug-likeness (QED) is 0.429. The van der Waals surface area contributed by atoms with Crippen LogP contribution in [0.15, 0.2) is 41.8 Å². The van der Waals surface area contributed by atoms with Gasteiger partial charge in [-0.1, -0.05) is 12.1 Å². The topological polar surface area (TPSA) is 104 Å². The van der Waals surface area contributed by atoms with Gasteiger partial charge in [0.25, 0.3) is 11.6 Å². The molecule has 0 saturated carbocycles. The molecular weight excluding hydrogens is 413 g/mol. The second-order valence-corrected chi connectivity index (χ2v) is 7.00. The van der Waals surface area contributed by atoms with E-state index < -0.39 is 10.8 Å². The van der Waals surface area contributed by atoms with E-state index in [1.165, 1.54) is 43.8 Å². The van der Waals surface area contributed by atoms with E-state index in [-0.39, 0.29) is 35.1 Å². The van der Waals surface area contributed by atoms with Gasteiger partial charge in [0.15, 0.2) is 11.5 Å². The zero-order valence-electron chi connectivity index (χ0n) is 16.2. The predicted octanol–water partition coefficient (Wildman–Crippen LogP) is 3.85. The zero-order valence-corrected chi connectivity index (χ0v) is 17.0. The van der Waals surface area contributed by atoms with Gasteiger partial charge < -0.3 is 14.8 Å². The molecule has 1 aromatic heterocycles. The number of benzene rings is 2. The van der Waals surface area contributed by atoms with Crippen LogP contribution in [0.4, 0.5) is 10.1 Å². The van der Waals surface area contributed by atoms with Gasteiger partial charge in [0.05, 0.1) is 30.9 Å². The van der Waals surface area contributed by atoms with Crippen molar-refractivity contribution in [3.63, 3.8) is 0 Å². The largest absolute Gasteiger partial charge is 0.493 e. The van der Waals surface area contributed by atoms with Gasteiger partial charge in [-0.25, -0.2) is 9.37 Å². The number of ether oxygens (including phenoxy) is 2. The highest BCUT2D eigenvalue weighted by molar-refractivity contribution is 7.13. The zero-order chi connectivity index (χ0) is 21.7. The summed E-state index contributed by atoms with van der Waals surface area (Å²) >= 11 is 1.37. The van der Waals surface area contributed by atoms with Crippen molar-refractivity contribution in [1.29, 1.82) is 0 Å². The SMILES string of the molecule is COc1cc(C(=O)NCCc2csc(-c3cccc(F)c3)n2)c([N+](=O)[O-])cc1OC. The molecule has 0 atom stereocenters. The molecule has 0 aliphatic carbocycles. The number of carbonyl (C=O) groups is 1. The average molecular weight is 431 g/mol. The summed E-state index contributed by atoms with van der Waals surface area (Å²) in [5.41, 5.74) is 0.890. The van der Waals surface area contributed by atoms with Crippen molar-refractivity contribution in [2.24, 2.45) is 0 Å². The number of hydrogen-bond acceptors (Lipinski definition) is 7. The number of halogens is 1. The third-order valence-corrected chi connectivity index (χ3v) is 5.17. The second-order valence-electron chi connectivity index (χ2n) is 6.14. The minimum Gasteiger partial charge on any atom is -0.493 e. The Balaban J connectivity index is 1.68. The van der Waals surface area contributed by atoms with Crippen LogP contribution in [0.5, 0.6) is 11.5 Å². The number of nitro benzene ring substituents is 1. The molecule has 0 saturated heterocycles. The van der Waals surface area contributed by atoms with E-state index >= 15 is 0 Å². The van der Waals surface area contributed by atoms with Crippen molar-refractivity contribution in [1.82, 2.24) is 10.3 Å². The molecule has 3 aromatic rings. The molecule has 0 unspecified atom stereocenters. The molecule has 0 fully saturated rings. The minimum atomic E-state index is -0.650. The standard InChI is InChI=1S/C20H18FN3O5S/c1-28-17-9-15(16(24(26)27)10-18(17)29-2)19(25)22-7-6-14-11-30-20(23-14)12-4-3-5-13(21)8-12/h3-5,8-11H,6-7H2,1-2H3,(H,22,25). The Hall–Kier alpha value is -3.53. The number of nitro groups is 1. The first-order chi connectivity index (χ1) is 14.4. The highest BCUT2D eigenvalue weighted by atomic mass is 32.1. The van der Waals surface area contributed by atoms with Crippen LogP contribution in [0.3, 0.4) is 0 Å². The smallest absolute Gasteiger partial charge is 0.286 e. The van der Waals surface area contributed by atoms with Gasteiger partial charge in [0.2, 0.25) is 0 Å². The minimum absolute atomic E-state index is 0.128. The second kappa shape index (κ2) is 9.31. The maximum absolute atomic E-state index is 13.4. The van der Waals surface area contributed by atoms with Crippen LogP contribution >= 0.6 is 11.3 Å². The molecule has 10 heteroatoms. The van der Waals surface area contributed by atoms with E-state index in [1.54, 1.807) is 12.1 Å². The summed E-state index contributed by atoms with van der Waals surface area (Å²) in [5.74, 6) is -0.572. The van der Waals surface area contributed by atoms with E-state index in [0.717, 1.165) is 11.8 Å². The van der Waals surface area contributed by atoms with Crippen molar-refractivity contribution in [2.75, 3.05) is 20.8 Å². The molecule has 0 bridgehead atoms. The lowest BCUT2D eigenvalue weighted by Crippen LogP contribution is -2.26. The maximum atomic E-state index is 13.4. The van der Waals surface area contributed by atoms with Crippen molar-refractivity contribution in [2.45, 2.75) is 6.42 Å². The summed E-state index contributed by atoms with van der Waals surface area (Å²) < 4.78 is 23.5. The Labute approximate surface area is 175 Å².